The second kappa shape index (κ2) is 8.92. The van der Waals surface area contributed by atoms with Crippen LogP contribution in [0.1, 0.15) is 13.3 Å². The maximum Gasteiger partial charge on any atom is 0.150 e. The van der Waals surface area contributed by atoms with Crippen molar-refractivity contribution in [2.24, 2.45) is 0 Å². The molecule has 0 rings (SSSR count). The molecule has 98 valence electrons. The van der Waals surface area contributed by atoms with Crippen molar-refractivity contribution >= 4 is 9.84 Å². The molecule has 0 aromatic heterocycles. The largest absolute Gasteiger partial charge is 0.395 e. The number of ether oxygens (including phenoxy) is 1. The maximum atomic E-state index is 11.3. The topological polar surface area (TPSA) is 66.8 Å². The number of nitrogens with zero attached hydrogens (tertiary/aromatic N) is 1. The molecule has 5 nitrogen and oxygen atoms in total. The first kappa shape index (κ1) is 15.8. The summed E-state index contributed by atoms with van der Waals surface area (Å²) in [5.41, 5.74) is 0. The van der Waals surface area contributed by atoms with Crippen LogP contribution in [-0.4, -0.2) is 69.9 Å². The molecule has 0 saturated carbocycles. The molecule has 0 amide bonds. The maximum absolute atomic E-state index is 11.3. The van der Waals surface area contributed by atoms with Gasteiger partial charge in [-0.25, -0.2) is 8.42 Å². The van der Waals surface area contributed by atoms with Gasteiger partial charge in [0, 0.05) is 26.0 Å². The summed E-state index contributed by atoms with van der Waals surface area (Å²) in [6.45, 7) is 4.32. The van der Waals surface area contributed by atoms with Crippen molar-refractivity contribution in [3.8, 4) is 0 Å². The molecule has 0 heterocycles. The lowest BCUT2D eigenvalue weighted by atomic mass is 10.4. The summed E-state index contributed by atoms with van der Waals surface area (Å²) in [5, 5.41) is 8.84. The highest BCUT2D eigenvalue weighted by molar-refractivity contribution is 7.91. The van der Waals surface area contributed by atoms with E-state index >= 15 is 0 Å². The highest BCUT2D eigenvalue weighted by atomic mass is 32.2. The summed E-state index contributed by atoms with van der Waals surface area (Å²) >= 11 is 0. The standard InChI is InChI=1S/C10H23NO4S/c1-3-16(13,14)10-4-5-11(6-8-12)7-9-15-2/h12H,3-10H2,1-2H3. The summed E-state index contributed by atoms with van der Waals surface area (Å²) in [6, 6.07) is 0. The summed E-state index contributed by atoms with van der Waals surface area (Å²) in [6.07, 6.45) is 0.611. The normalized spacial score (nSPS) is 12.2. The van der Waals surface area contributed by atoms with Crippen molar-refractivity contribution in [1.82, 2.24) is 4.90 Å². The summed E-state index contributed by atoms with van der Waals surface area (Å²) in [7, 11) is -1.25. The van der Waals surface area contributed by atoms with Crippen molar-refractivity contribution < 1.29 is 18.3 Å². The minimum absolute atomic E-state index is 0.0875. The van der Waals surface area contributed by atoms with E-state index in [2.05, 4.69) is 0 Å². The molecule has 16 heavy (non-hydrogen) atoms. The fourth-order valence-corrected chi connectivity index (χ4v) is 2.21. The second-order valence-electron chi connectivity index (χ2n) is 3.65. The number of aliphatic hydroxyl groups excluding tert-OH is 1. The zero-order valence-electron chi connectivity index (χ0n) is 10.2. The first-order valence-electron chi connectivity index (χ1n) is 5.58. The van der Waals surface area contributed by atoms with Crippen LogP contribution in [0.5, 0.6) is 0 Å². The van der Waals surface area contributed by atoms with E-state index in [1.165, 1.54) is 0 Å². The van der Waals surface area contributed by atoms with Crippen molar-refractivity contribution in [3.05, 3.63) is 0 Å². The monoisotopic (exact) mass is 253 g/mol. The van der Waals surface area contributed by atoms with Crippen LogP contribution in [-0.2, 0) is 14.6 Å². The number of hydrogen-bond acceptors (Lipinski definition) is 5. The molecule has 0 aromatic carbocycles. The molecule has 0 atom stereocenters. The van der Waals surface area contributed by atoms with E-state index in [0.717, 1.165) is 6.54 Å². The number of sulfone groups is 1. The first-order valence-corrected chi connectivity index (χ1v) is 7.40. The van der Waals surface area contributed by atoms with E-state index in [-0.39, 0.29) is 18.1 Å². The van der Waals surface area contributed by atoms with E-state index in [0.29, 0.717) is 26.1 Å². The highest BCUT2D eigenvalue weighted by Gasteiger charge is 2.09. The van der Waals surface area contributed by atoms with Crippen LogP contribution in [0.3, 0.4) is 0 Å². The van der Waals surface area contributed by atoms with Gasteiger partial charge in [-0.1, -0.05) is 6.92 Å². The molecule has 0 saturated heterocycles. The van der Waals surface area contributed by atoms with Gasteiger partial charge in [-0.15, -0.1) is 0 Å². The third kappa shape index (κ3) is 8.04. The Hall–Kier alpha value is -0.170. The van der Waals surface area contributed by atoms with Crippen LogP contribution >= 0.6 is 0 Å². The number of rotatable bonds is 10. The van der Waals surface area contributed by atoms with E-state index in [1.54, 1.807) is 14.0 Å². The number of methoxy groups -OCH3 is 1. The van der Waals surface area contributed by atoms with Gasteiger partial charge in [-0.2, -0.15) is 0 Å². The van der Waals surface area contributed by atoms with Crippen molar-refractivity contribution in [3.63, 3.8) is 0 Å². The van der Waals surface area contributed by atoms with Gasteiger partial charge in [0.05, 0.1) is 19.0 Å². The second-order valence-corrected chi connectivity index (χ2v) is 6.12. The third-order valence-electron chi connectivity index (χ3n) is 2.40. The molecular weight excluding hydrogens is 230 g/mol. The Bertz CT molecular complexity index is 254. The minimum atomic E-state index is -2.87. The Balaban J connectivity index is 3.83. The van der Waals surface area contributed by atoms with E-state index in [4.69, 9.17) is 9.84 Å². The summed E-state index contributed by atoms with van der Waals surface area (Å²) in [5.74, 6) is 0.420. The fourth-order valence-electron chi connectivity index (χ4n) is 1.35. The van der Waals surface area contributed by atoms with Crippen LogP contribution in [0.15, 0.2) is 0 Å². The zero-order valence-corrected chi connectivity index (χ0v) is 11.0. The molecule has 0 unspecified atom stereocenters. The fraction of sp³-hybridized carbons (Fsp3) is 1.00. The van der Waals surface area contributed by atoms with E-state index in [9.17, 15) is 8.42 Å². The van der Waals surface area contributed by atoms with Gasteiger partial charge in [0.25, 0.3) is 0 Å². The SMILES string of the molecule is CCS(=O)(=O)CCCN(CCO)CCOC. The minimum Gasteiger partial charge on any atom is -0.395 e. The van der Waals surface area contributed by atoms with Gasteiger partial charge in [0.2, 0.25) is 0 Å². The number of hydrogen-bond donors (Lipinski definition) is 1. The lowest BCUT2D eigenvalue weighted by Crippen LogP contribution is -2.32. The van der Waals surface area contributed by atoms with Crippen LogP contribution in [0, 0.1) is 0 Å². The quantitative estimate of drug-likeness (QED) is 0.581. The molecule has 6 heteroatoms. The number of aliphatic hydroxyl groups is 1. The van der Waals surface area contributed by atoms with Gasteiger partial charge in [0.15, 0.2) is 0 Å². The molecule has 0 bridgehead atoms. The van der Waals surface area contributed by atoms with E-state index in [1.807, 2.05) is 4.90 Å². The Morgan fingerprint density at radius 2 is 1.94 bits per heavy atom. The van der Waals surface area contributed by atoms with Gasteiger partial charge in [-0.05, 0) is 13.0 Å². The predicted molar refractivity (Wildman–Crippen MR) is 64.3 cm³/mol. The summed E-state index contributed by atoms with van der Waals surface area (Å²) < 4.78 is 27.5. The molecule has 0 aliphatic rings. The molecule has 0 aromatic rings. The highest BCUT2D eigenvalue weighted by Crippen LogP contribution is 1.97. The lowest BCUT2D eigenvalue weighted by Gasteiger charge is -2.20. The Labute approximate surface area is 98.3 Å². The van der Waals surface area contributed by atoms with Gasteiger partial charge < -0.3 is 9.84 Å². The average Bonchev–Trinajstić information content (AvgIpc) is 2.25. The van der Waals surface area contributed by atoms with Crippen molar-refractivity contribution in [2.75, 3.05) is 51.5 Å². The predicted octanol–water partition coefficient (Wildman–Crippen LogP) is -0.248. The van der Waals surface area contributed by atoms with Crippen LogP contribution in [0.4, 0.5) is 0 Å². The van der Waals surface area contributed by atoms with Gasteiger partial charge >= 0.3 is 0 Å². The average molecular weight is 253 g/mol. The first-order chi connectivity index (χ1) is 7.55. The molecule has 0 spiro atoms. The molecule has 1 N–H and O–H groups in total. The van der Waals surface area contributed by atoms with Crippen molar-refractivity contribution in [1.29, 1.82) is 0 Å². The van der Waals surface area contributed by atoms with Gasteiger partial charge in [-0.3, -0.25) is 4.90 Å². The molecule has 0 fully saturated rings. The molecule has 0 aliphatic heterocycles. The molecule has 0 radical (unpaired) electrons. The zero-order chi connectivity index (χ0) is 12.4. The molecular formula is C10H23NO4S. The smallest absolute Gasteiger partial charge is 0.150 e. The van der Waals surface area contributed by atoms with Crippen LogP contribution in [0.2, 0.25) is 0 Å². The van der Waals surface area contributed by atoms with Gasteiger partial charge in [0.1, 0.15) is 9.84 Å². The Kier molecular flexibility index (Phi) is 8.83. The Morgan fingerprint density at radius 3 is 2.44 bits per heavy atom. The molecule has 0 aliphatic carbocycles. The third-order valence-corrected chi connectivity index (χ3v) is 4.19. The van der Waals surface area contributed by atoms with Crippen LogP contribution in [0.25, 0.3) is 0 Å². The van der Waals surface area contributed by atoms with Crippen molar-refractivity contribution in [2.45, 2.75) is 13.3 Å². The Morgan fingerprint density at radius 1 is 1.25 bits per heavy atom. The lowest BCUT2D eigenvalue weighted by molar-refractivity contribution is 0.131. The summed E-state index contributed by atoms with van der Waals surface area (Å²) in [4.78, 5) is 2.01. The van der Waals surface area contributed by atoms with Crippen LogP contribution < -0.4 is 0 Å². The van der Waals surface area contributed by atoms with E-state index < -0.39 is 9.84 Å².